The second kappa shape index (κ2) is 7.72. The Hall–Kier alpha value is -2.73. The Balaban J connectivity index is 1.71. The van der Waals surface area contributed by atoms with Crippen LogP contribution in [0.25, 0.3) is 0 Å². The van der Waals surface area contributed by atoms with Crippen molar-refractivity contribution in [2.24, 2.45) is 0 Å². The lowest BCUT2D eigenvalue weighted by Gasteiger charge is -2.23. The fourth-order valence-electron chi connectivity index (χ4n) is 3.35. The highest BCUT2D eigenvalue weighted by atomic mass is 32.1. The molecule has 4 rings (SSSR count). The molecule has 2 aromatic heterocycles. The van der Waals surface area contributed by atoms with Crippen molar-refractivity contribution in [3.63, 3.8) is 0 Å². The van der Waals surface area contributed by atoms with E-state index in [1.807, 2.05) is 56.4 Å². The SMILES string of the molecule is Cc1ccn(C2CC2)c(=O)c1C(=O)N(Cc1ccccc1)Cc1scnc1C. The van der Waals surface area contributed by atoms with E-state index in [-0.39, 0.29) is 23.1 Å². The summed E-state index contributed by atoms with van der Waals surface area (Å²) in [6, 6.07) is 12.0. The van der Waals surface area contributed by atoms with E-state index < -0.39 is 0 Å². The lowest BCUT2D eigenvalue weighted by atomic mass is 10.1. The van der Waals surface area contributed by atoms with Gasteiger partial charge in [0.05, 0.1) is 17.7 Å². The highest BCUT2D eigenvalue weighted by Crippen LogP contribution is 2.33. The third-order valence-corrected chi connectivity index (χ3v) is 6.08. The first-order valence-corrected chi connectivity index (χ1v) is 10.4. The smallest absolute Gasteiger partial charge is 0.263 e. The van der Waals surface area contributed by atoms with Gasteiger partial charge in [0.25, 0.3) is 11.5 Å². The maximum atomic E-state index is 13.5. The molecule has 6 heteroatoms. The van der Waals surface area contributed by atoms with Crippen LogP contribution in [-0.4, -0.2) is 20.4 Å². The van der Waals surface area contributed by atoms with Crippen LogP contribution in [0.2, 0.25) is 0 Å². The maximum Gasteiger partial charge on any atom is 0.263 e. The molecule has 1 aliphatic rings. The van der Waals surface area contributed by atoms with Gasteiger partial charge in [-0.25, -0.2) is 4.98 Å². The van der Waals surface area contributed by atoms with Crippen LogP contribution in [0.4, 0.5) is 0 Å². The third kappa shape index (κ3) is 3.78. The number of rotatable bonds is 6. The van der Waals surface area contributed by atoms with Crippen molar-refractivity contribution in [1.82, 2.24) is 14.5 Å². The quantitative estimate of drug-likeness (QED) is 0.634. The number of thiazole rings is 1. The number of hydrogen-bond acceptors (Lipinski definition) is 4. The van der Waals surface area contributed by atoms with Crippen molar-refractivity contribution < 1.29 is 4.79 Å². The van der Waals surface area contributed by atoms with Crippen LogP contribution >= 0.6 is 11.3 Å². The van der Waals surface area contributed by atoms with Crippen molar-refractivity contribution in [3.05, 3.63) is 85.7 Å². The lowest BCUT2D eigenvalue weighted by molar-refractivity contribution is 0.0728. The number of nitrogens with zero attached hydrogens (tertiary/aromatic N) is 3. The van der Waals surface area contributed by atoms with Crippen molar-refractivity contribution in [3.8, 4) is 0 Å². The van der Waals surface area contributed by atoms with Crippen LogP contribution in [-0.2, 0) is 13.1 Å². The molecule has 0 saturated heterocycles. The molecule has 0 radical (unpaired) electrons. The predicted molar refractivity (Wildman–Crippen MR) is 111 cm³/mol. The van der Waals surface area contributed by atoms with Gasteiger partial charge in [0, 0.05) is 23.7 Å². The molecule has 1 aromatic carbocycles. The minimum atomic E-state index is -0.214. The minimum absolute atomic E-state index is 0.174. The van der Waals surface area contributed by atoms with Crippen LogP contribution in [0.15, 0.2) is 52.9 Å². The molecule has 0 spiro atoms. The van der Waals surface area contributed by atoms with Gasteiger partial charge in [-0.05, 0) is 43.9 Å². The Bertz CT molecular complexity index is 1050. The Labute approximate surface area is 168 Å². The third-order valence-electron chi connectivity index (χ3n) is 5.16. The normalized spacial score (nSPS) is 13.5. The number of aryl methyl sites for hydroxylation is 2. The summed E-state index contributed by atoms with van der Waals surface area (Å²) in [5.41, 5.74) is 4.60. The minimum Gasteiger partial charge on any atom is -0.329 e. The molecular formula is C22H23N3O2S. The molecule has 144 valence electrons. The second-order valence-corrected chi connectivity index (χ2v) is 8.26. The summed E-state index contributed by atoms with van der Waals surface area (Å²) in [7, 11) is 0. The number of hydrogen-bond donors (Lipinski definition) is 0. The number of carbonyl (C=O) groups is 1. The molecule has 0 atom stereocenters. The van der Waals surface area contributed by atoms with Gasteiger partial charge < -0.3 is 9.47 Å². The van der Waals surface area contributed by atoms with Crippen LogP contribution < -0.4 is 5.56 Å². The molecule has 2 heterocycles. The number of carbonyl (C=O) groups excluding carboxylic acids is 1. The summed E-state index contributed by atoms with van der Waals surface area (Å²) < 4.78 is 1.72. The molecule has 0 unspecified atom stereocenters. The summed E-state index contributed by atoms with van der Waals surface area (Å²) in [5, 5.41) is 0. The molecular weight excluding hydrogens is 370 g/mol. The molecule has 1 amide bonds. The van der Waals surface area contributed by atoms with Crippen molar-refractivity contribution in [1.29, 1.82) is 0 Å². The van der Waals surface area contributed by atoms with E-state index in [1.165, 1.54) is 11.3 Å². The molecule has 1 aliphatic carbocycles. The topological polar surface area (TPSA) is 55.2 Å². The fourth-order valence-corrected chi connectivity index (χ4v) is 4.15. The van der Waals surface area contributed by atoms with Crippen molar-refractivity contribution >= 4 is 17.2 Å². The van der Waals surface area contributed by atoms with Crippen LogP contribution in [0.3, 0.4) is 0 Å². The Morgan fingerprint density at radius 1 is 1.18 bits per heavy atom. The first-order valence-electron chi connectivity index (χ1n) is 9.48. The summed E-state index contributed by atoms with van der Waals surface area (Å²) in [5.74, 6) is -0.214. The Kier molecular flexibility index (Phi) is 5.13. The zero-order chi connectivity index (χ0) is 19.7. The first-order chi connectivity index (χ1) is 13.5. The summed E-state index contributed by atoms with van der Waals surface area (Å²) in [6.07, 6.45) is 3.83. The molecule has 5 nitrogen and oxygen atoms in total. The van der Waals surface area contributed by atoms with Crippen LogP contribution in [0.5, 0.6) is 0 Å². The average molecular weight is 394 g/mol. The maximum absolute atomic E-state index is 13.5. The van der Waals surface area contributed by atoms with Crippen LogP contribution in [0, 0.1) is 13.8 Å². The molecule has 0 N–H and O–H groups in total. The predicted octanol–water partition coefficient (Wildman–Crippen LogP) is 4.10. The van der Waals surface area contributed by atoms with Crippen LogP contribution in [0.1, 0.15) is 50.9 Å². The number of pyridine rings is 1. The highest BCUT2D eigenvalue weighted by Gasteiger charge is 2.29. The van der Waals surface area contributed by atoms with Gasteiger partial charge in [0.2, 0.25) is 0 Å². The molecule has 1 saturated carbocycles. The zero-order valence-corrected chi connectivity index (χ0v) is 16.9. The van der Waals surface area contributed by atoms with Crippen molar-refractivity contribution in [2.75, 3.05) is 0 Å². The lowest BCUT2D eigenvalue weighted by Crippen LogP contribution is -2.36. The van der Waals surface area contributed by atoms with E-state index in [1.54, 1.807) is 15.0 Å². The molecule has 1 fully saturated rings. The molecule has 3 aromatic rings. The van der Waals surface area contributed by atoms with E-state index in [2.05, 4.69) is 4.98 Å². The molecule has 0 aliphatic heterocycles. The van der Waals surface area contributed by atoms with E-state index in [0.717, 1.165) is 34.5 Å². The molecule has 28 heavy (non-hydrogen) atoms. The molecule has 0 bridgehead atoms. The van der Waals surface area contributed by atoms with Gasteiger partial charge in [0.1, 0.15) is 5.56 Å². The summed E-state index contributed by atoms with van der Waals surface area (Å²) in [6.45, 7) is 4.69. The number of aromatic nitrogens is 2. The fraction of sp³-hybridized carbons (Fsp3) is 0.318. The standard InChI is InChI=1S/C22H23N3O2S/c1-15-10-11-25(18-8-9-18)22(27)20(15)21(26)24(12-17-6-4-3-5-7-17)13-19-16(2)23-14-28-19/h3-7,10-11,14,18H,8-9,12-13H2,1-2H3. The first kappa shape index (κ1) is 18.6. The number of amides is 1. The summed E-state index contributed by atoms with van der Waals surface area (Å²) >= 11 is 1.54. The summed E-state index contributed by atoms with van der Waals surface area (Å²) in [4.78, 5) is 33.7. The van der Waals surface area contributed by atoms with Crippen molar-refractivity contribution in [2.45, 2.75) is 45.8 Å². The Morgan fingerprint density at radius 3 is 2.57 bits per heavy atom. The Morgan fingerprint density at radius 2 is 1.93 bits per heavy atom. The zero-order valence-electron chi connectivity index (χ0n) is 16.1. The second-order valence-electron chi connectivity index (χ2n) is 7.33. The monoisotopic (exact) mass is 393 g/mol. The average Bonchev–Trinajstić information content (AvgIpc) is 3.44. The van der Waals surface area contributed by atoms with Gasteiger partial charge in [-0.2, -0.15) is 0 Å². The van der Waals surface area contributed by atoms with E-state index in [4.69, 9.17) is 0 Å². The van der Waals surface area contributed by atoms with Gasteiger partial charge in [-0.1, -0.05) is 30.3 Å². The number of benzene rings is 1. The van der Waals surface area contributed by atoms with E-state index in [9.17, 15) is 9.59 Å². The van der Waals surface area contributed by atoms with Gasteiger partial charge in [-0.3, -0.25) is 9.59 Å². The largest absolute Gasteiger partial charge is 0.329 e. The van der Waals surface area contributed by atoms with Gasteiger partial charge >= 0.3 is 0 Å². The van der Waals surface area contributed by atoms with E-state index >= 15 is 0 Å². The van der Waals surface area contributed by atoms with E-state index in [0.29, 0.717) is 13.1 Å². The highest BCUT2D eigenvalue weighted by molar-refractivity contribution is 7.09. The van der Waals surface area contributed by atoms with Gasteiger partial charge in [-0.15, -0.1) is 11.3 Å². The van der Waals surface area contributed by atoms with Gasteiger partial charge in [0.15, 0.2) is 0 Å².